The average molecular weight is 458 g/mol. The summed E-state index contributed by atoms with van der Waals surface area (Å²) in [5.74, 6) is 0.565. The van der Waals surface area contributed by atoms with Crippen molar-refractivity contribution < 1.29 is 24.1 Å². The molecule has 5 nitrogen and oxygen atoms in total. The third kappa shape index (κ3) is 6.92. The summed E-state index contributed by atoms with van der Waals surface area (Å²) in [6, 6.07) is 14.4. The van der Waals surface area contributed by atoms with E-state index in [4.69, 9.17) is 9.47 Å². The molecular weight excluding hydrogens is 421 g/mol. The quantitative estimate of drug-likeness (QED) is 0.602. The number of hydrogen-bond acceptors (Lipinski definition) is 5. The van der Waals surface area contributed by atoms with Crippen LogP contribution in [0.1, 0.15) is 56.9 Å². The molecule has 2 aromatic rings. The predicted molar refractivity (Wildman–Crippen MR) is 126 cm³/mol. The maximum Gasteiger partial charge on any atom is 0.165 e. The standard InChI is InChI=1S/C27H36FNO4/c28-24-7-2-3-8-25(24)33-21-27(31)15-6-17-29(18-16-27)19-22-9-11-23(12-10-22)32-20-26(30)13-4-1-5-14-26/h2-3,7-12,30-31H,1,4-6,13-21H2. The number of aliphatic hydroxyl groups is 2. The van der Waals surface area contributed by atoms with Crippen LogP contribution in [0.3, 0.4) is 0 Å². The summed E-state index contributed by atoms with van der Waals surface area (Å²) >= 11 is 0. The normalized spacial score (nSPS) is 23.6. The summed E-state index contributed by atoms with van der Waals surface area (Å²) in [6.45, 7) is 2.90. The van der Waals surface area contributed by atoms with E-state index in [2.05, 4.69) is 17.0 Å². The third-order valence-electron chi connectivity index (χ3n) is 6.96. The molecule has 1 saturated heterocycles. The molecule has 1 aliphatic carbocycles. The fraction of sp³-hybridized carbons (Fsp3) is 0.556. The van der Waals surface area contributed by atoms with Crippen molar-refractivity contribution in [2.45, 2.75) is 69.1 Å². The Balaban J connectivity index is 1.24. The van der Waals surface area contributed by atoms with Crippen molar-refractivity contribution in [1.29, 1.82) is 0 Å². The smallest absolute Gasteiger partial charge is 0.165 e. The molecule has 4 rings (SSSR count). The number of hydrogen-bond donors (Lipinski definition) is 2. The second kappa shape index (κ2) is 10.9. The molecule has 1 aliphatic heterocycles. The lowest BCUT2D eigenvalue weighted by Gasteiger charge is -2.31. The Morgan fingerprint density at radius 3 is 2.18 bits per heavy atom. The zero-order valence-electron chi connectivity index (χ0n) is 19.3. The molecule has 1 saturated carbocycles. The lowest BCUT2D eigenvalue weighted by Crippen LogP contribution is -2.37. The van der Waals surface area contributed by atoms with E-state index < -0.39 is 17.0 Å². The second-order valence-electron chi connectivity index (χ2n) is 9.79. The number of ether oxygens (including phenoxy) is 2. The van der Waals surface area contributed by atoms with E-state index in [1.54, 1.807) is 18.2 Å². The maximum absolute atomic E-state index is 13.8. The van der Waals surface area contributed by atoms with Crippen LogP contribution in [0, 0.1) is 5.82 Å². The number of likely N-dealkylation sites (tertiary alicyclic amines) is 1. The van der Waals surface area contributed by atoms with Crippen molar-refractivity contribution in [3.05, 3.63) is 59.9 Å². The van der Waals surface area contributed by atoms with Crippen molar-refractivity contribution in [2.24, 2.45) is 0 Å². The van der Waals surface area contributed by atoms with Crippen LogP contribution < -0.4 is 9.47 Å². The van der Waals surface area contributed by atoms with E-state index in [-0.39, 0.29) is 12.4 Å². The van der Waals surface area contributed by atoms with Crippen LogP contribution in [-0.2, 0) is 6.54 Å². The minimum Gasteiger partial charge on any atom is -0.491 e. The van der Waals surface area contributed by atoms with Crippen molar-refractivity contribution in [3.63, 3.8) is 0 Å². The minimum atomic E-state index is -0.950. The number of para-hydroxylation sites is 1. The minimum absolute atomic E-state index is 0.0974. The van der Waals surface area contributed by atoms with Gasteiger partial charge in [-0.05, 0) is 68.5 Å². The molecule has 0 bridgehead atoms. The van der Waals surface area contributed by atoms with Gasteiger partial charge in [0.2, 0.25) is 0 Å². The van der Waals surface area contributed by atoms with Gasteiger partial charge in [0.1, 0.15) is 19.0 Å². The molecule has 1 heterocycles. The van der Waals surface area contributed by atoms with E-state index in [9.17, 15) is 14.6 Å². The number of halogens is 1. The largest absolute Gasteiger partial charge is 0.491 e. The first-order valence-electron chi connectivity index (χ1n) is 12.2. The lowest BCUT2D eigenvalue weighted by atomic mass is 9.85. The lowest BCUT2D eigenvalue weighted by molar-refractivity contribution is -0.0339. The van der Waals surface area contributed by atoms with Gasteiger partial charge in [-0.1, -0.05) is 43.5 Å². The van der Waals surface area contributed by atoms with Crippen molar-refractivity contribution in [2.75, 3.05) is 26.3 Å². The first-order valence-corrected chi connectivity index (χ1v) is 12.2. The number of nitrogens with zero attached hydrogens (tertiary/aromatic N) is 1. The van der Waals surface area contributed by atoms with E-state index in [0.29, 0.717) is 19.4 Å². The van der Waals surface area contributed by atoms with Crippen LogP contribution in [0.2, 0.25) is 0 Å². The Morgan fingerprint density at radius 1 is 0.758 bits per heavy atom. The highest BCUT2D eigenvalue weighted by molar-refractivity contribution is 5.27. The Bertz CT molecular complexity index is 884. The van der Waals surface area contributed by atoms with Crippen LogP contribution in [0.15, 0.2) is 48.5 Å². The molecule has 2 N–H and O–H groups in total. The Hall–Kier alpha value is -2.15. The van der Waals surface area contributed by atoms with Gasteiger partial charge in [-0.25, -0.2) is 4.39 Å². The van der Waals surface area contributed by atoms with Gasteiger partial charge < -0.3 is 19.7 Å². The van der Waals surface area contributed by atoms with E-state index in [1.165, 1.54) is 18.1 Å². The zero-order chi connectivity index (χ0) is 23.2. The van der Waals surface area contributed by atoms with Crippen LogP contribution in [-0.4, -0.2) is 52.6 Å². The van der Waals surface area contributed by atoms with Gasteiger partial charge in [0, 0.05) is 13.1 Å². The Kier molecular flexibility index (Phi) is 7.89. The molecule has 33 heavy (non-hydrogen) atoms. The first kappa shape index (κ1) is 24.0. The third-order valence-corrected chi connectivity index (χ3v) is 6.96. The molecule has 6 heteroatoms. The second-order valence-corrected chi connectivity index (χ2v) is 9.79. The Morgan fingerprint density at radius 2 is 1.42 bits per heavy atom. The molecule has 0 amide bonds. The first-order chi connectivity index (χ1) is 15.9. The summed E-state index contributed by atoms with van der Waals surface area (Å²) in [5.41, 5.74) is -0.448. The van der Waals surface area contributed by atoms with Crippen LogP contribution >= 0.6 is 0 Å². The van der Waals surface area contributed by atoms with Crippen LogP contribution in [0.5, 0.6) is 11.5 Å². The van der Waals surface area contributed by atoms with Gasteiger partial charge in [0.25, 0.3) is 0 Å². The van der Waals surface area contributed by atoms with Crippen LogP contribution in [0.25, 0.3) is 0 Å². The van der Waals surface area contributed by atoms with Crippen molar-refractivity contribution in [3.8, 4) is 11.5 Å². The molecule has 180 valence electrons. The molecule has 1 atom stereocenters. The highest BCUT2D eigenvalue weighted by atomic mass is 19.1. The fourth-order valence-corrected chi connectivity index (χ4v) is 4.83. The number of rotatable bonds is 8. The molecule has 0 aromatic heterocycles. The molecule has 2 aliphatic rings. The average Bonchev–Trinajstić information content (AvgIpc) is 3.00. The van der Waals surface area contributed by atoms with Crippen LogP contribution in [0.4, 0.5) is 4.39 Å². The summed E-state index contributed by atoms with van der Waals surface area (Å²) in [7, 11) is 0. The highest BCUT2D eigenvalue weighted by Crippen LogP contribution is 2.29. The summed E-state index contributed by atoms with van der Waals surface area (Å²) in [4.78, 5) is 2.33. The topological polar surface area (TPSA) is 62.2 Å². The molecule has 1 unspecified atom stereocenters. The Labute approximate surface area is 196 Å². The summed E-state index contributed by atoms with van der Waals surface area (Å²) in [6.07, 6.45) is 7.04. The van der Waals surface area contributed by atoms with Gasteiger partial charge in [-0.2, -0.15) is 0 Å². The van der Waals surface area contributed by atoms with Gasteiger partial charge in [-0.15, -0.1) is 0 Å². The number of benzene rings is 2. The maximum atomic E-state index is 13.8. The molecule has 0 spiro atoms. The molecule has 0 radical (unpaired) electrons. The van der Waals surface area contributed by atoms with E-state index >= 15 is 0 Å². The SMILES string of the molecule is OC1(COc2ccc(CN3CCCC(O)(COc4ccccc4F)CC3)cc2)CCCCC1. The predicted octanol–water partition coefficient (Wildman–Crippen LogP) is 4.70. The summed E-state index contributed by atoms with van der Waals surface area (Å²) in [5, 5.41) is 21.6. The zero-order valence-corrected chi connectivity index (χ0v) is 19.3. The monoisotopic (exact) mass is 457 g/mol. The highest BCUT2D eigenvalue weighted by Gasteiger charge is 2.32. The molecule has 2 fully saturated rings. The van der Waals surface area contributed by atoms with Gasteiger partial charge in [-0.3, -0.25) is 4.90 Å². The van der Waals surface area contributed by atoms with E-state index in [1.807, 2.05) is 12.1 Å². The van der Waals surface area contributed by atoms with E-state index in [0.717, 1.165) is 57.5 Å². The van der Waals surface area contributed by atoms with Gasteiger partial charge >= 0.3 is 0 Å². The van der Waals surface area contributed by atoms with Crippen molar-refractivity contribution >= 4 is 0 Å². The fourth-order valence-electron chi connectivity index (χ4n) is 4.83. The molecule has 2 aromatic carbocycles. The molecular formula is C27H36FNO4. The summed E-state index contributed by atoms with van der Waals surface area (Å²) < 4.78 is 25.3. The van der Waals surface area contributed by atoms with Gasteiger partial charge in [0.05, 0.1) is 11.2 Å². The van der Waals surface area contributed by atoms with Gasteiger partial charge in [0.15, 0.2) is 11.6 Å². The van der Waals surface area contributed by atoms with Crippen molar-refractivity contribution in [1.82, 2.24) is 4.90 Å².